The Bertz CT molecular complexity index is 962. The van der Waals surface area contributed by atoms with Crippen LogP contribution in [0.4, 0.5) is 0 Å². The summed E-state index contributed by atoms with van der Waals surface area (Å²) in [6.45, 7) is 2.18. The average Bonchev–Trinajstić information content (AvgIpc) is 3.45. The van der Waals surface area contributed by atoms with E-state index in [2.05, 4.69) is 15.4 Å². The largest absolute Gasteiger partial charge is 0.492 e. The summed E-state index contributed by atoms with van der Waals surface area (Å²) in [6.07, 6.45) is 2.31. The number of amides is 1. The lowest BCUT2D eigenvalue weighted by molar-refractivity contribution is 0.0790. The average molecular weight is 427 g/mol. The van der Waals surface area contributed by atoms with Crippen molar-refractivity contribution < 1.29 is 9.53 Å². The fraction of sp³-hybridized carbons (Fsp3) is 0.333. The van der Waals surface area contributed by atoms with Crippen molar-refractivity contribution in [2.75, 3.05) is 19.7 Å². The molecule has 1 fully saturated rings. The van der Waals surface area contributed by atoms with Gasteiger partial charge in [-0.15, -0.1) is 10.2 Å². The highest BCUT2D eigenvalue weighted by molar-refractivity contribution is 6.30. The van der Waals surface area contributed by atoms with E-state index in [1.54, 1.807) is 24.3 Å². The van der Waals surface area contributed by atoms with Crippen molar-refractivity contribution in [3.8, 4) is 5.75 Å². The molecule has 0 radical (unpaired) electrons. The molecule has 156 valence electrons. The van der Waals surface area contributed by atoms with Gasteiger partial charge in [-0.25, -0.2) is 0 Å². The van der Waals surface area contributed by atoms with E-state index < -0.39 is 0 Å². The number of carbonyl (C=O) groups is 1. The quantitative estimate of drug-likeness (QED) is 0.622. The van der Waals surface area contributed by atoms with Crippen LogP contribution in [0.3, 0.4) is 0 Å². The molecule has 0 saturated carbocycles. The Labute approximate surface area is 179 Å². The van der Waals surface area contributed by atoms with Gasteiger partial charge in [0.2, 0.25) is 0 Å². The molecule has 1 saturated heterocycles. The lowest BCUT2D eigenvalue weighted by Crippen LogP contribution is -2.33. The summed E-state index contributed by atoms with van der Waals surface area (Å²) in [5.41, 5.74) is 7.89. The van der Waals surface area contributed by atoms with Crippen molar-refractivity contribution in [1.82, 2.24) is 25.1 Å². The number of nitrogens with two attached hydrogens (primary N) is 1. The fourth-order valence-electron chi connectivity index (χ4n) is 3.57. The summed E-state index contributed by atoms with van der Waals surface area (Å²) in [4.78, 5) is 16.2. The number of carbonyl (C=O) groups excluding carboxylic acids is 1. The standard InChI is InChI=1S/C21H23ClN6O2/c22-18-5-1-15(2-6-18)17-9-10-27(11-17)21(29)16-3-7-20(8-4-16)30-13-19(23)12-28-25-14-24-26-28/h1-8,14,17,19H,9-13,23H2/t17-,19?/m0/s1. The monoisotopic (exact) mass is 426 g/mol. The van der Waals surface area contributed by atoms with Gasteiger partial charge >= 0.3 is 0 Å². The topological polar surface area (TPSA) is 99.2 Å². The molecule has 1 amide bonds. The summed E-state index contributed by atoms with van der Waals surface area (Å²) in [7, 11) is 0. The molecule has 9 heteroatoms. The number of rotatable bonds is 7. The predicted molar refractivity (Wildman–Crippen MR) is 112 cm³/mol. The van der Waals surface area contributed by atoms with Gasteiger partial charge < -0.3 is 15.4 Å². The number of ether oxygens (including phenoxy) is 1. The van der Waals surface area contributed by atoms with E-state index >= 15 is 0 Å². The number of hydrogen-bond donors (Lipinski definition) is 1. The van der Waals surface area contributed by atoms with Crippen LogP contribution in [0.2, 0.25) is 5.02 Å². The Morgan fingerprint density at radius 2 is 1.97 bits per heavy atom. The maximum Gasteiger partial charge on any atom is 0.253 e. The molecule has 2 aromatic carbocycles. The summed E-state index contributed by atoms with van der Waals surface area (Å²) < 4.78 is 5.71. The Kier molecular flexibility index (Phi) is 6.25. The van der Waals surface area contributed by atoms with E-state index in [0.29, 0.717) is 36.9 Å². The van der Waals surface area contributed by atoms with Gasteiger partial charge in [0, 0.05) is 29.6 Å². The molecule has 2 N–H and O–H groups in total. The molecular weight excluding hydrogens is 404 g/mol. The number of nitrogens with zero attached hydrogens (tertiary/aromatic N) is 5. The summed E-state index contributed by atoms with van der Waals surface area (Å²) in [5, 5.41) is 12.1. The van der Waals surface area contributed by atoms with Crippen LogP contribution in [0.5, 0.6) is 5.75 Å². The molecule has 1 aliphatic rings. The molecule has 4 rings (SSSR count). The first-order valence-electron chi connectivity index (χ1n) is 9.82. The van der Waals surface area contributed by atoms with Crippen molar-refractivity contribution >= 4 is 17.5 Å². The van der Waals surface area contributed by atoms with Crippen LogP contribution in [0.1, 0.15) is 28.3 Å². The normalized spacial score (nSPS) is 17.1. The molecule has 2 atom stereocenters. The molecule has 1 aromatic heterocycles. The molecule has 3 aromatic rings. The highest BCUT2D eigenvalue weighted by Gasteiger charge is 2.27. The Morgan fingerprint density at radius 1 is 1.20 bits per heavy atom. The molecule has 8 nitrogen and oxygen atoms in total. The summed E-state index contributed by atoms with van der Waals surface area (Å²) in [5.74, 6) is 1.04. The molecule has 1 aliphatic heterocycles. The second-order valence-electron chi connectivity index (χ2n) is 7.37. The third-order valence-electron chi connectivity index (χ3n) is 5.17. The van der Waals surface area contributed by atoms with Crippen LogP contribution in [0.25, 0.3) is 0 Å². The lowest BCUT2D eigenvalue weighted by atomic mass is 9.99. The van der Waals surface area contributed by atoms with E-state index in [1.807, 2.05) is 29.2 Å². The van der Waals surface area contributed by atoms with Crippen LogP contribution in [0, 0.1) is 0 Å². The smallest absolute Gasteiger partial charge is 0.253 e. The maximum atomic E-state index is 12.9. The van der Waals surface area contributed by atoms with Gasteiger partial charge in [0.25, 0.3) is 5.91 Å². The minimum atomic E-state index is -0.269. The number of benzene rings is 2. The van der Waals surface area contributed by atoms with Gasteiger partial charge in [-0.1, -0.05) is 23.7 Å². The number of likely N-dealkylation sites (tertiary alicyclic amines) is 1. The molecule has 1 unspecified atom stereocenters. The van der Waals surface area contributed by atoms with Crippen LogP contribution >= 0.6 is 11.6 Å². The maximum absolute atomic E-state index is 12.9. The Balaban J connectivity index is 1.29. The first kappa shape index (κ1) is 20.3. The van der Waals surface area contributed by atoms with E-state index in [4.69, 9.17) is 22.1 Å². The first-order chi connectivity index (χ1) is 14.6. The molecule has 0 spiro atoms. The third kappa shape index (κ3) is 4.95. The zero-order valence-electron chi connectivity index (χ0n) is 16.4. The molecule has 2 heterocycles. The van der Waals surface area contributed by atoms with E-state index in [9.17, 15) is 4.79 Å². The molecular formula is C21H23ClN6O2. The minimum absolute atomic E-state index is 0.0342. The number of aromatic nitrogens is 4. The SMILES string of the molecule is NC(COc1ccc(C(=O)N2CC[C@H](c3ccc(Cl)cc3)C2)cc1)Cn1ncnn1. The van der Waals surface area contributed by atoms with E-state index in [1.165, 1.54) is 16.7 Å². The fourth-order valence-corrected chi connectivity index (χ4v) is 3.69. The van der Waals surface area contributed by atoms with Crippen molar-refractivity contribution in [3.05, 3.63) is 71.0 Å². The predicted octanol–water partition coefficient (Wildman–Crippen LogP) is 2.36. The van der Waals surface area contributed by atoms with Crippen LogP contribution in [-0.2, 0) is 6.54 Å². The minimum Gasteiger partial charge on any atom is -0.492 e. The van der Waals surface area contributed by atoms with Gasteiger partial charge in [0.15, 0.2) is 6.33 Å². The van der Waals surface area contributed by atoms with Crippen molar-refractivity contribution in [2.45, 2.75) is 24.9 Å². The van der Waals surface area contributed by atoms with Crippen LogP contribution in [-0.4, -0.2) is 56.8 Å². The number of tetrazole rings is 1. The lowest BCUT2D eigenvalue weighted by Gasteiger charge is -2.17. The zero-order chi connectivity index (χ0) is 20.9. The number of halogens is 1. The van der Waals surface area contributed by atoms with Gasteiger partial charge in [-0.05, 0) is 53.6 Å². The highest BCUT2D eigenvalue weighted by atomic mass is 35.5. The van der Waals surface area contributed by atoms with Crippen LogP contribution in [0.15, 0.2) is 54.9 Å². The van der Waals surface area contributed by atoms with E-state index in [0.717, 1.165) is 18.0 Å². The number of hydrogen-bond acceptors (Lipinski definition) is 6. The Morgan fingerprint density at radius 3 is 2.67 bits per heavy atom. The second kappa shape index (κ2) is 9.23. The first-order valence-corrected chi connectivity index (χ1v) is 10.2. The zero-order valence-corrected chi connectivity index (χ0v) is 17.2. The van der Waals surface area contributed by atoms with Gasteiger partial charge in [0.1, 0.15) is 12.4 Å². The van der Waals surface area contributed by atoms with E-state index in [-0.39, 0.29) is 11.9 Å². The Hall–Kier alpha value is -2.97. The summed E-state index contributed by atoms with van der Waals surface area (Å²) in [6, 6.07) is 14.8. The molecule has 0 aliphatic carbocycles. The van der Waals surface area contributed by atoms with Gasteiger partial charge in [0.05, 0.1) is 12.6 Å². The van der Waals surface area contributed by atoms with Gasteiger partial charge in [-0.2, -0.15) is 4.80 Å². The van der Waals surface area contributed by atoms with Crippen molar-refractivity contribution in [1.29, 1.82) is 0 Å². The third-order valence-corrected chi connectivity index (χ3v) is 5.42. The molecule has 0 bridgehead atoms. The molecule has 30 heavy (non-hydrogen) atoms. The van der Waals surface area contributed by atoms with Crippen molar-refractivity contribution in [2.24, 2.45) is 5.73 Å². The van der Waals surface area contributed by atoms with Crippen molar-refractivity contribution in [3.63, 3.8) is 0 Å². The van der Waals surface area contributed by atoms with Crippen LogP contribution < -0.4 is 10.5 Å². The second-order valence-corrected chi connectivity index (χ2v) is 7.81. The summed E-state index contributed by atoms with van der Waals surface area (Å²) >= 11 is 5.97. The van der Waals surface area contributed by atoms with Gasteiger partial charge in [-0.3, -0.25) is 4.79 Å². The highest BCUT2D eigenvalue weighted by Crippen LogP contribution is 2.29.